The van der Waals surface area contributed by atoms with Crippen LogP contribution in [0.5, 0.6) is 0 Å². The van der Waals surface area contributed by atoms with Crippen LogP contribution in [0.2, 0.25) is 5.02 Å². The van der Waals surface area contributed by atoms with Gasteiger partial charge < -0.3 is 15.0 Å². The first-order valence-electron chi connectivity index (χ1n) is 10.1. The maximum Gasteiger partial charge on any atom is 0.329 e. The van der Waals surface area contributed by atoms with Crippen molar-refractivity contribution in [2.75, 3.05) is 30.1 Å². The third-order valence-electron chi connectivity index (χ3n) is 5.13. The summed E-state index contributed by atoms with van der Waals surface area (Å²) >= 11 is 7.50. The number of halogens is 1. The van der Waals surface area contributed by atoms with Crippen LogP contribution >= 0.6 is 23.4 Å². The maximum atomic E-state index is 12.7. The zero-order valence-electron chi connectivity index (χ0n) is 17.8. The van der Waals surface area contributed by atoms with Crippen molar-refractivity contribution in [3.8, 4) is 0 Å². The van der Waals surface area contributed by atoms with Crippen molar-refractivity contribution in [2.45, 2.75) is 18.9 Å². The lowest BCUT2D eigenvalue weighted by molar-refractivity contribution is -0.384. The molecule has 0 unspecified atom stereocenters. The third kappa shape index (κ3) is 6.02. The molecule has 1 aliphatic heterocycles. The Morgan fingerprint density at radius 1 is 1.27 bits per heavy atom. The van der Waals surface area contributed by atoms with Crippen LogP contribution in [0.15, 0.2) is 42.5 Å². The van der Waals surface area contributed by atoms with Gasteiger partial charge in [0.2, 0.25) is 0 Å². The summed E-state index contributed by atoms with van der Waals surface area (Å²) in [4.78, 5) is 49.8. The molecule has 174 valence electrons. The van der Waals surface area contributed by atoms with Gasteiger partial charge in [-0.1, -0.05) is 29.8 Å². The molecule has 0 bridgehead atoms. The molecular formula is C22H22ClN3O6S. The van der Waals surface area contributed by atoms with Gasteiger partial charge in [-0.2, -0.15) is 11.8 Å². The van der Waals surface area contributed by atoms with Gasteiger partial charge in [-0.05, 0) is 42.5 Å². The number of para-hydroxylation sites is 1. The molecule has 9 nitrogen and oxygen atoms in total. The smallest absolute Gasteiger partial charge is 0.329 e. The number of carbonyl (C=O) groups excluding carboxylic acids is 3. The predicted octanol–water partition coefficient (Wildman–Crippen LogP) is 3.23. The molecule has 3 rings (SSSR count). The molecule has 1 N–H and O–H groups in total. The number of fused-ring (bicyclic) bond motifs is 1. The first-order valence-corrected chi connectivity index (χ1v) is 11.9. The molecule has 2 amide bonds. The second-order valence-electron chi connectivity index (χ2n) is 7.26. The minimum Gasteiger partial charge on any atom is -0.454 e. The van der Waals surface area contributed by atoms with Crippen LogP contribution in [0, 0.1) is 10.1 Å². The third-order valence-corrected chi connectivity index (χ3v) is 6.09. The Bertz CT molecular complexity index is 1080. The van der Waals surface area contributed by atoms with Gasteiger partial charge >= 0.3 is 5.97 Å². The minimum absolute atomic E-state index is 0.00558. The number of nitrogens with zero attached hydrogens (tertiary/aromatic N) is 2. The molecule has 1 aliphatic rings. The van der Waals surface area contributed by atoms with Crippen LogP contribution in [0.25, 0.3) is 0 Å². The number of hydrogen-bond donors (Lipinski definition) is 1. The van der Waals surface area contributed by atoms with Crippen molar-refractivity contribution in [2.24, 2.45) is 0 Å². The summed E-state index contributed by atoms with van der Waals surface area (Å²) in [6.45, 7) is 0.0676. The molecule has 1 heterocycles. The number of benzene rings is 2. The summed E-state index contributed by atoms with van der Waals surface area (Å²) in [6.07, 6.45) is 2.86. The first kappa shape index (κ1) is 24.5. The van der Waals surface area contributed by atoms with Gasteiger partial charge in [0.15, 0.2) is 6.61 Å². The monoisotopic (exact) mass is 491 g/mol. The molecule has 2 aromatic rings. The van der Waals surface area contributed by atoms with Gasteiger partial charge in [-0.15, -0.1) is 0 Å². The number of amides is 2. The van der Waals surface area contributed by atoms with E-state index in [1.807, 2.05) is 30.5 Å². The van der Waals surface area contributed by atoms with E-state index in [-0.39, 0.29) is 28.6 Å². The van der Waals surface area contributed by atoms with Crippen LogP contribution in [0.3, 0.4) is 0 Å². The molecule has 1 atom stereocenters. The van der Waals surface area contributed by atoms with Gasteiger partial charge in [0.1, 0.15) is 6.04 Å². The molecule has 2 aromatic carbocycles. The first-order chi connectivity index (χ1) is 15.8. The quantitative estimate of drug-likeness (QED) is 0.325. The second kappa shape index (κ2) is 11.2. The number of esters is 1. The van der Waals surface area contributed by atoms with Crippen molar-refractivity contribution < 1.29 is 24.0 Å². The zero-order chi connectivity index (χ0) is 24.0. The van der Waals surface area contributed by atoms with E-state index in [1.54, 1.807) is 4.90 Å². The summed E-state index contributed by atoms with van der Waals surface area (Å²) in [5.41, 5.74) is 1.60. The predicted molar refractivity (Wildman–Crippen MR) is 126 cm³/mol. The number of anilines is 1. The van der Waals surface area contributed by atoms with Gasteiger partial charge in [-0.25, -0.2) is 4.79 Å². The number of nitro groups is 1. The van der Waals surface area contributed by atoms with E-state index >= 15 is 0 Å². The number of nitro benzene ring substituents is 1. The van der Waals surface area contributed by atoms with E-state index in [2.05, 4.69) is 5.32 Å². The van der Waals surface area contributed by atoms with Crippen molar-refractivity contribution in [1.29, 1.82) is 0 Å². The minimum atomic E-state index is -1.00. The summed E-state index contributed by atoms with van der Waals surface area (Å²) in [7, 11) is 0. The number of rotatable bonds is 9. The summed E-state index contributed by atoms with van der Waals surface area (Å²) in [5, 5.41) is 13.3. The number of ether oxygens (including phenoxy) is 1. The largest absolute Gasteiger partial charge is 0.454 e. The lowest BCUT2D eigenvalue weighted by atomic mass is 10.1. The highest BCUT2D eigenvalue weighted by atomic mass is 35.5. The van der Waals surface area contributed by atoms with E-state index in [9.17, 15) is 24.5 Å². The summed E-state index contributed by atoms with van der Waals surface area (Å²) < 4.78 is 5.23. The molecule has 0 radical (unpaired) electrons. The fourth-order valence-corrected chi connectivity index (χ4v) is 4.16. The topological polar surface area (TPSA) is 119 Å². The zero-order valence-corrected chi connectivity index (χ0v) is 19.4. The van der Waals surface area contributed by atoms with Gasteiger partial charge in [0, 0.05) is 24.4 Å². The highest BCUT2D eigenvalue weighted by Gasteiger charge is 2.28. The maximum absolute atomic E-state index is 12.7. The van der Waals surface area contributed by atoms with Crippen LogP contribution in [-0.4, -0.2) is 53.9 Å². The van der Waals surface area contributed by atoms with Crippen LogP contribution < -0.4 is 10.2 Å². The molecule has 33 heavy (non-hydrogen) atoms. The number of nitrogens with one attached hydrogen (secondary N) is 1. The Kier molecular flexibility index (Phi) is 8.29. The molecule has 0 fully saturated rings. The number of non-ortho nitro benzene ring substituents is 1. The highest BCUT2D eigenvalue weighted by molar-refractivity contribution is 7.98. The van der Waals surface area contributed by atoms with Crippen molar-refractivity contribution in [1.82, 2.24) is 5.32 Å². The van der Waals surface area contributed by atoms with Crippen LogP contribution in [0.4, 0.5) is 11.4 Å². The highest BCUT2D eigenvalue weighted by Crippen LogP contribution is 2.27. The van der Waals surface area contributed by atoms with Crippen molar-refractivity contribution >= 4 is 52.5 Å². The molecule has 0 saturated heterocycles. The van der Waals surface area contributed by atoms with E-state index in [0.717, 1.165) is 29.8 Å². The Hall–Kier alpha value is -3.11. The number of carbonyl (C=O) groups is 3. The molecular weight excluding hydrogens is 470 g/mol. The molecule has 0 aromatic heterocycles. The Morgan fingerprint density at radius 2 is 2.03 bits per heavy atom. The van der Waals surface area contributed by atoms with Gasteiger partial charge in [-0.3, -0.25) is 19.7 Å². The van der Waals surface area contributed by atoms with Crippen LogP contribution in [-0.2, 0) is 20.7 Å². The fourth-order valence-electron chi connectivity index (χ4n) is 3.43. The lowest BCUT2D eigenvalue weighted by Crippen LogP contribution is -2.43. The average Bonchev–Trinajstić information content (AvgIpc) is 3.24. The Balaban J connectivity index is 1.63. The molecule has 0 saturated carbocycles. The van der Waals surface area contributed by atoms with E-state index in [4.69, 9.17) is 16.3 Å². The van der Waals surface area contributed by atoms with E-state index in [0.29, 0.717) is 12.3 Å². The number of hydrogen-bond acceptors (Lipinski definition) is 7. The summed E-state index contributed by atoms with van der Waals surface area (Å²) in [5.74, 6) is -1.20. The SMILES string of the molecule is CSCC[C@@H](NC(=O)c1ccc([N+](=O)[O-])cc1Cl)C(=O)OCC(=O)N1CCc2ccccc21. The van der Waals surface area contributed by atoms with Gasteiger partial charge in [0.25, 0.3) is 17.5 Å². The van der Waals surface area contributed by atoms with Crippen molar-refractivity contribution in [3.05, 3.63) is 68.7 Å². The van der Waals surface area contributed by atoms with E-state index < -0.39 is 29.4 Å². The van der Waals surface area contributed by atoms with Crippen molar-refractivity contribution in [3.63, 3.8) is 0 Å². The molecule has 11 heteroatoms. The normalized spacial score (nSPS) is 13.2. The van der Waals surface area contributed by atoms with Crippen LogP contribution in [0.1, 0.15) is 22.3 Å². The lowest BCUT2D eigenvalue weighted by Gasteiger charge is -2.20. The van der Waals surface area contributed by atoms with E-state index in [1.165, 1.54) is 17.8 Å². The molecule has 0 spiro atoms. The number of thioether (sulfide) groups is 1. The fraction of sp³-hybridized carbons (Fsp3) is 0.318. The van der Waals surface area contributed by atoms with Gasteiger partial charge in [0.05, 0.1) is 15.5 Å². The Labute approximate surface area is 199 Å². The summed E-state index contributed by atoms with van der Waals surface area (Å²) in [6, 6.07) is 9.98. The Morgan fingerprint density at radius 3 is 2.73 bits per heavy atom. The molecule has 0 aliphatic carbocycles. The second-order valence-corrected chi connectivity index (χ2v) is 8.65. The average molecular weight is 492 g/mol. The standard InChI is InChI=1S/C22H22ClN3O6S/c1-33-11-9-18(24-21(28)16-7-6-15(26(30)31)12-17(16)23)22(29)32-13-20(27)25-10-8-14-4-2-3-5-19(14)25/h2-7,12,18H,8-11,13H2,1H3,(H,24,28)/t18-/m1/s1.